The number of hydrogen-bond donors (Lipinski definition) is 2. The summed E-state index contributed by atoms with van der Waals surface area (Å²) in [6.45, 7) is -0.0608. The van der Waals surface area contributed by atoms with Crippen molar-refractivity contribution in [3.8, 4) is 5.75 Å². The number of aliphatic hydroxyl groups is 1. The van der Waals surface area contributed by atoms with E-state index in [0.29, 0.717) is 30.4 Å². The number of rotatable bonds is 10. The van der Waals surface area contributed by atoms with Crippen LogP contribution < -0.4 is 10.1 Å². The molecule has 11 heteroatoms. The third-order valence-electron chi connectivity index (χ3n) is 6.04. The third kappa shape index (κ3) is 7.15. The molecule has 1 atom stereocenters. The first kappa shape index (κ1) is 28.6. The maximum atomic E-state index is 13.9. The van der Waals surface area contributed by atoms with Gasteiger partial charge < -0.3 is 19.9 Å². The van der Waals surface area contributed by atoms with E-state index in [2.05, 4.69) is 26.2 Å². The van der Waals surface area contributed by atoms with Crippen molar-refractivity contribution in [2.45, 2.75) is 31.1 Å². The summed E-state index contributed by atoms with van der Waals surface area (Å²) in [6.07, 6.45) is -4.08. The fourth-order valence-electron chi connectivity index (χ4n) is 4.05. The summed E-state index contributed by atoms with van der Waals surface area (Å²) in [7, 11) is 0. The van der Waals surface area contributed by atoms with Crippen LogP contribution in [-0.2, 0) is 28.7 Å². The summed E-state index contributed by atoms with van der Waals surface area (Å²) in [5.41, 5.74) is -1.21. The molecule has 0 aromatic heterocycles. The lowest BCUT2D eigenvalue weighted by atomic mass is 9.91. The highest BCUT2D eigenvalue weighted by atomic mass is 79.9. The lowest BCUT2D eigenvalue weighted by Crippen LogP contribution is -2.48. The van der Waals surface area contributed by atoms with Crippen molar-refractivity contribution in [1.29, 1.82) is 0 Å². The number of amides is 1. The van der Waals surface area contributed by atoms with Gasteiger partial charge >= 0.3 is 6.18 Å². The number of ether oxygens (including phenoxy) is 2. The molecule has 1 aliphatic heterocycles. The van der Waals surface area contributed by atoms with Gasteiger partial charge in [0.1, 0.15) is 18.2 Å². The highest BCUT2D eigenvalue weighted by molar-refractivity contribution is 9.10. The van der Waals surface area contributed by atoms with Gasteiger partial charge in [-0.1, -0.05) is 34.1 Å². The van der Waals surface area contributed by atoms with Crippen LogP contribution in [0.25, 0.3) is 0 Å². The van der Waals surface area contributed by atoms with Crippen molar-refractivity contribution < 1.29 is 36.9 Å². The van der Waals surface area contributed by atoms with Crippen molar-refractivity contribution >= 4 is 27.7 Å². The molecule has 0 spiro atoms. The molecule has 6 nitrogen and oxygen atoms in total. The molecule has 39 heavy (non-hydrogen) atoms. The van der Waals surface area contributed by atoms with Crippen LogP contribution >= 0.6 is 15.9 Å². The number of carbonyl (C=O) groups excluding carboxylic acids is 1. The smallest absolute Gasteiger partial charge is 0.416 e. The summed E-state index contributed by atoms with van der Waals surface area (Å²) < 4.78 is 65.4. The van der Waals surface area contributed by atoms with Crippen molar-refractivity contribution in [1.82, 2.24) is 5.32 Å². The zero-order chi connectivity index (χ0) is 28.0. The monoisotopic (exact) mass is 608 g/mol. The number of aliphatic imine (C=N–C) groups is 1. The average molecular weight is 609 g/mol. The highest BCUT2D eigenvalue weighted by Crippen LogP contribution is 2.32. The van der Waals surface area contributed by atoms with Crippen LogP contribution in [0.1, 0.15) is 28.7 Å². The number of nitrogens with one attached hydrogen (secondary N) is 1. The topological polar surface area (TPSA) is 80.2 Å². The molecule has 1 heterocycles. The lowest BCUT2D eigenvalue weighted by molar-refractivity contribution is -0.137. The van der Waals surface area contributed by atoms with Crippen LogP contribution in [-0.4, -0.2) is 42.3 Å². The van der Waals surface area contributed by atoms with E-state index >= 15 is 0 Å². The van der Waals surface area contributed by atoms with Gasteiger partial charge in [-0.3, -0.25) is 4.79 Å². The second-order valence-electron chi connectivity index (χ2n) is 8.98. The molecule has 0 saturated carbocycles. The van der Waals surface area contributed by atoms with Crippen molar-refractivity contribution in [3.63, 3.8) is 0 Å². The van der Waals surface area contributed by atoms with E-state index in [1.807, 2.05) is 24.3 Å². The molecule has 4 rings (SSSR count). The first-order valence-electron chi connectivity index (χ1n) is 12.0. The molecule has 0 fully saturated rings. The summed E-state index contributed by atoms with van der Waals surface area (Å²) in [5, 5.41) is 11.5. The first-order chi connectivity index (χ1) is 18.6. The normalized spacial score (nSPS) is 16.9. The van der Waals surface area contributed by atoms with E-state index < -0.39 is 29.0 Å². The summed E-state index contributed by atoms with van der Waals surface area (Å²) >= 11 is 3.48. The maximum absolute atomic E-state index is 13.9. The van der Waals surface area contributed by atoms with Gasteiger partial charge in [-0.05, 0) is 59.7 Å². The Kier molecular flexibility index (Phi) is 8.91. The van der Waals surface area contributed by atoms with Crippen LogP contribution in [0.3, 0.4) is 0 Å². The molecule has 0 unspecified atom stereocenters. The highest BCUT2D eigenvalue weighted by Gasteiger charge is 2.45. The fraction of sp³-hybridized carbons (Fsp3) is 0.286. The van der Waals surface area contributed by atoms with E-state index in [4.69, 9.17) is 14.6 Å². The van der Waals surface area contributed by atoms with E-state index in [0.717, 1.165) is 22.2 Å². The number of benzene rings is 3. The molecule has 1 amide bonds. The van der Waals surface area contributed by atoms with E-state index in [-0.39, 0.29) is 37.6 Å². The average Bonchev–Trinajstić information content (AvgIpc) is 3.34. The number of aliphatic hydroxyl groups excluding tert-OH is 1. The maximum Gasteiger partial charge on any atom is 0.416 e. The number of nitrogens with zero attached hydrogens (tertiary/aromatic N) is 1. The minimum atomic E-state index is -4.72. The molecule has 1 aliphatic rings. The van der Waals surface area contributed by atoms with Crippen LogP contribution in [0.2, 0.25) is 0 Å². The van der Waals surface area contributed by atoms with E-state index in [1.165, 1.54) is 0 Å². The SMILES string of the molecule is O=C(NCc1cc(F)cc(C(F)(F)F)c1)[C@@]1(Cc2ccccc2Br)COC(c2ccc(OCCCO)cc2)=N1. The van der Waals surface area contributed by atoms with Crippen LogP contribution in [0, 0.1) is 5.82 Å². The Hall–Kier alpha value is -3.44. The zero-order valence-corrected chi connectivity index (χ0v) is 22.2. The number of carbonyl (C=O) groups is 1. The Balaban J connectivity index is 1.58. The Morgan fingerprint density at radius 2 is 1.87 bits per heavy atom. The predicted molar refractivity (Wildman–Crippen MR) is 140 cm³/mol. The van der Waals surface area contributed by atoms with Gasteiger partial charge in [0, 0.05) is 36.0 Å². The second-order valence-corrected chi connectivity index (χ2v) is 9.84. The minimum absolute atomic E-state index is 0.0209. The van der Waals surface area contributed by atoms with E-state index in [1.54, 1.807) is 24.3 Å². The van der Waals surface area contributed by atoms with Crippen LogP contribution in [0.15, 0.2) is 76.2 Å². The van der Waals surface area contributed by atoms with Gasteiger partial charge in [0.15, 0.2) is 5.54 Å². The molecular formula is C28H25BrF4N2O4. The fourth-order valence-corrected chi connectivity index (χ4v) is 4.47. The molecule has 0 radical (unpaired) electrons. The standard InChI is InChI=1S/C28H25BrF4N2O4/c29-24-5-2-1-4-20(24)15-27(26(37)34-16-18-12-21(28(31,32)33)14-22(30)13-18)17-39-25(35-27)19-6-8-23(9-7-19)38-11-3-10-36/h1-2,4-9,12-14,36H,3,10-11,15-17H2,(H,34,37)/t27-/m1/s1. The van der Waals surface area contributed by atoms with Crippen LogP contribution in [0.4, 0.5) is 17.6 Å². The second kappa shape index (κ2) is 12.2. The summed E-state index contributed by atoms with van der Waals surface area (Å²) in [6, 6.07) is 16.3. The van der Waals surface area contributed by atoms with Crippen molar-refractivity contribution in [3.05, 3.63) is 99.3 Å². The Labute approximate surface area is 230 Å². The van der Waals surface area contributed by atoms with E-state index in [9.17, 15) is 22.4 Å². The van der Waals surface area contributed by atoms with Gasteiger partial charge in [-0.2, -0.15) is 13.2 Å². The Morgan fingerprint density at radius 1 is 1.13 bits per heavy atom. The number of halogens is 5. The molecule has 3 aromatic rings. The number of hydrogen-bond acceptors (Lipinski definition) is 5. The Morgan fingerprint density at radius 3 is 2.56 bits per heavy atom. The molecule has 3 aromatic carbocycles. The molecule has 2 N–H and O–H groups in total. The molecular weight excluding hydrogens is 584 g/mol. The lowest BCUT2D eigenvalue weighted by Gasteiger charge is -2.24. The van der Waals surface area contributed by atoms with Gasteiger partial charge in [0.2, 0.25) is 5.90 Å². The molecule has 0 bridgehead atoms. The third-order valence-corrected chi connectivity index (χ3v) is 6.81. The summed E-state index contributed by atoms with van der Waals surface area (Å²) in [4.78, 5) is 18.2. The molecule has 206 valence electrons. The zero-order valence-electron chi connectivity index (χ0n) is 20.6. The molecule has 0 aliphatic carbocycles. The Bertz CT molecular complexity index is 1350. The van der Waals surface area contributed by atoms with Crippen LogP contribution in [0.5, 0.6) is 5.75 Å². The predicted octanol–water partition coefficient (Wildman–Crippen LogP) is 5.44. The summed E-state index contributed by atoms with van der Waals surface area (Å²) in [5.74, 6) is -0.805. The first-order valence-corrected chi connectivity index (χ1v) is 12.8. The van der Waals surface area contributed by atoms with Gasteiger partial charge in [0.05, 0.1) is 12.2 Å². The molecule has 0 saturated heterocycles. The largest absolute Gasteiger partial charge is 0.494 e. The quantitative estimate of drug-likeness (QED) is 0.237. The number of alkyl halides is 3. The van der Waals surface area contributed by atoms with Crippen molar-refractivity contribution in [2.24, 2.45) is 4.99 Å². The van der Waals surface area contributed by atoms with Gasteiger partial charge in [-0.15, -0.1) is 0 Å². The van der Waals surface area contributed by atoms with Gasteiger partial charge in [0.25, 0.3) is 5.91 Å². The van der Waals surface area contributed by atoms with Gasteiger partial charge in [-0.25, -0.2) is 9.38 Å². The minimum Gasteiger partial charge on any atom is -0.494 e. The van der Waals surface area contributed by atoms with Crippen molar-refractivity contribution in [2.75, 3.05) is 19.8 Å².